The Morgan fingerprint density at radius 1 is 1.31 bits per heavy atom. The largest absolute Gasteiger partial charge is 0.461 e. The van der Waals surface area contributed by atoms with Crippen LogP contribution in [0.25, 0.3) is 11.0 Å². The van der Waals surface area contributed by atoms with E-state index < -0.39 is 5.63 Å². The van der Waals surface area contributed by atoms with Crippen LogP contribution < -0.4 is 5.63 Å². The minimum absolute atomic E-state index is 0.0353. The Morgan fingerprint density at radius 2 is 2.08 bits per heavy atom. The minimum atomic E-state index is -0.469. The maximum atomic E-state index is 12.1. The number of nitrogens with zero attached hydrogens (tertiary/aromatic N) is 2. The number of hydrogen-bond donors (Lipinski definition) is 0. The van der Waals surface area contributed by atoms with Crippen LogP contribution in [0.3, 0.4) is 0 Å². The van der Waals surface area contributed by atoms with E-state index >= 15 is 0 Å². The number of carbonyl (C=O) groups is 1. The Kier molecular flexibility index (Phi) is 5.27. The molecule has 0 bridgehead atoms. The van der Waals surface area contributed by atoms with Gasteiger partial charge in [-0.3, -0.25) is 9.48 Å². The van der Waals surface area contributed by atoms with Gasteiger partial charge < -0.3 is 9.15 Å². The second kappa shape index (κ2) is 7.45. The molecule has 2 heterocycles. The topological polar surface area (TPSA) is 74.3 Å². The number of rotatable bonds is 5. The highest BCUT2D eigenvalue weighted by Gasteiger charge is 2.13. The van der Waals surface area contributed by atoms with E-state index in [2.05, 4.69) is 21.0 Å². The molecule has 136 valence electrons. The van der Waals surface area contributed by atoms with Crippen molar-refractivity contribution in [1.29, 1.82) is 0 Å². The average Bonchev–Trinajstić information content (AvgIpc) is 2.82. The molecule has 0 aliphatic rings. The average molecular weight is 419 g/mol. The monoisotopic (exact) mass is 418 g/mol. The van der Waals surface area contributed by atoms with Gasteiger partial charge in [0.25, 0.3) is 0 Å². The fourth-order valence-electron chi connectivity index (χ4n) is 2.96. The first-order chi connectivity index (χ1) is 12.3. The molecule has 0 aliphatic carbocycles. The predicted octanol–water partition coefficient (Wildman–Crippen LogP) is 3.58. The summed E-state index contributed by atoms with van der Waals surface area (Å²) in [7, 11) is 1.88. The third-order valence-electron chi connectivity index (χ3n) is 4.42. The van der Waals surface area contributed by atoms with E-state index in [4.69, 9.17) is 9.15 Å². The number of carbonyl (C=O) groups excluding carboxylic acids is 1. The van der Waals surface area contributed by atoms with Crippen LogP contribution in [0.4, 0.5) is 0 Å². The molecule has 0 saturated carbocycles. The molecule has 7 heteroatoms. The predicted molar refractivity (Wildman–Crippen MR) is 101 cm³/mol. The maximum absolute atomic E-state index is 12.1. The fourth-order valence-corrected chi connectivity index (χ4v) is 3.30. The van der Waals surface area contributed by atoms with E-state index in [0.717, 1.165) is 26.8 Å². The Bertz CT molecular complexity index is 1040. The maximum Gasteiger partial charge on any atom is 0.336 e. The molecule has 1 aromatic carbocycles. The Labute approximate surface area is 158 Å². The first-order valence-electron chi connectivity index (χ1n) is 8.22. The summed E-state index contributed by atoms with van der Waals surface area (Å²) in [6.07, 6.45) is 0.841. The van der Waals surface area contributed by atoms with Crippen LogP contribution >= 0.6 is 15.9 Å². The lowest BCUT2D eigenvalue weighted by Gasteiger charge is -2.08. The van der Waals surface area contributed by atoms with Crippen molar-refractivity contribution in [2.24, 2.45) is 7.05 Å². The molecular formula is C19H19BrN2O4. The number of hydrogen-bond acceptors (Lipinski definition) is 5. The number of esters is 1. The van der Waals surface area contributed by atoms with Crippen LogP contribution in [0, 0.1) is 13.8 Å². The van der Waals surface area contributed by atoms with Crippen LogP contribution in [0.15, 0.2) is 37.9 Å². The highest BCUT2D eigenvalue weighted by Crippen LogP contribution is 2.22. The van der Waals surface area contributed by atoms with Crippen molar-refractivity contribution in [1.82, 2.24) is 9.78 Å². The quantitative estimate of drug-likeness (QED) is 0.467. The molecule has 3 rings (SSSR count). The fraction of sp³-hybridized carbons (Fsp3) is 0.316. The lowest BCUT2D eigenvalue weighted by atomic mass is 10.1. The van der Waals surface area contributed by atoms with Gasteiger partial charge in [-0.05, 0) is 44.0 Å². The summed E-state index contributed by atoms with van der Waals surface area (Å²) in [5, 5.41) is 5.10. The van der Waals surface area contributed by atoms with E-state index in [1.54, 1.807) is 6.07 Å². The lowest BCUT2D eigenvalue weighted by molar-refractivity contribution is -0.144. The SMILES string of the molecule is Cc1nn(C)c(C)c1CCC(=O)OCc1cc(=O)oc2cc(Br)ccc12. The summed E-state index contributed by atoms with van der Waals surface area (Å²) in [5.41, 5.74) is 3.66. The number of aryl methyl sites for hydroxylation is 2. The Morgan fingerprint density at radius 3 is 2.77 bits per heavy atom. The lowest BCUT2D eigenvalue weighted by Crippen LogP contribution is -2.09. The van der Waals surface area contributed by atoms with E-state index in [1.807, 2.05) is 37.7 Å². The molecule has 26 heavy (non-hydrogen) atoms. The summed E-state index contributed by atoms with van der Waals surface area (Å²) in [5.74, 6) is -0.314. The molecule has 6 nitrogen and oxygen atoms in total. The molecule has 0 spiro atoms. The van der Waals surface area contributed by atoms with E-state index in [0.29, 0.717) is 17.6 Å². The van der Waals surface area contributed by atoms with Crippen LogP contribution in [0.5, 0.6) is 0 Å². The zero-order valence-electron chi connectivity index (χ0n) is 14.8. The van der Waals surface area contributed by atoms with Gasteiger partial charge in [0.15, 0.2) is 0 Å². The van der Waals surface area contributed by atoms with Crippen molar-refractivity contribution in [3.8, 4) is 0 Å². The van der Waals surface area contributed by atoms with Crippen molar-refractivity contribution < 1.29 is 13.9 Å². The van der Waals surface area contributed by atoms with Crippen LogP contribution in [-0.4, -0.2) is 15.7 Å². The van der Waals surface area contributed by atoms with E-state index in [1.165, 1.54) is 6.07 Å². The zero-order valence-corrected chi connectivity index (χ0v) is 16.4. The second-order valence-electron chi connectivity index (χ2n) is 6.16. The summed E-state index contributed by atoms with van der Waals surface area (Å²) >= 11 is 3.35. The Hall–Kier alpha value is -2.41. The molecule has 0 radical (unpaired) electrons. The third-order valence-corrected chi connectivity index (χ3v) is 4.91. The van der Waals surface area contributed by atoms with Gasteiger partial charge in [-0.2, -0.15) is 5.10 Å². The molecule has 0 aliphatic heterocycles. The molecule has 3 aromatic rings. The molecule has 2 aromatic heterocycles. The van der Waals surface area contributed by atoms with Gasteiger partial charge in [0.05, 0.1) is 5.69 Å². The highest BCUT2D eigenvalue weighted by atomic mass is 79.9. The van der Waals surface area contributed by atoms with Gasteiger partial charge in [0, 0.05) is 40.7 Å². The molecule has 0 saturated heterocycles. The van der Waals surface area contributed by atoms with Crippen molar-refractivity contribution in [3.05, 3.63) is 61.7 Å². The smallest absolute Gasteiger partial charge is 0.336 e. The van der Waals surface area contributed by atoms with Gasteiger partial charge in [-0.25, -0.2) is 4.79 Å². The number of halogens is 1. The number of benzene rings is 1. The summed E-state index contributed by atoms with van der Waals surface area (Å²) in [6.45, 7) is 3.95. The van der Waals surface area contributed by atoms with Gasteiger partial charge in [-0.1, -0.05) is 15.9 Å². The zero-order chi connectivity index (χ0) is 18.8. The first kappa shape index (κ1) is 18.4. The minimum Gasteiger partial charge on any atom is -0.461 e. The Balaban J connectivity index is 1.68. The van der Waals surface area contributed by atoms with Crippen molar-refractivity contribution >= 4 is 32.9 Å². The molecule has 0 amide bonds. The second-order valence-corrected chi connectivity index (χ2v) is 7.08. The van der Waals surface area contributed by atoms with E-state index in [-0.39, 0.29) is 19.0 Å². The number of aromatic nitrogens is 2. The van der Waals surface area contributed by atoms with Crippen LogP contribution in [0.2, 0.25) is 0 Å². The van der Waals surface area contributed by atoms with Gasteiger partial charge in [-0.15, -0.1) is 0 Å². The first-order valence-corrected chi connectivity index (χ1v) is 9.01. The van der Waals surface area contributed by atoms with Crippen molar-refractivity contribution in [2.75, 3.05) is 0 Å². The molecule has 0 atom stereocenters. The molecule has 0 fully saturated rings. The molecule has 0 unspecified atom stereocenters. The van der Waals surface area contributed by atoms with Gasteiger partial charge in [0.1, 0.15) is 12.2 Å². The number of fused-ring (bicyclic) bond motifs is 1. The van der Waals surface area contributed by atoms with Gasteiger partial charge >= 0.3 is 11.6 Å². The van der Waals surface area contributed by atoms with Crippen LogP contribution in [-0.2, 0) is 29.6 Å². The van der Waals surface area contributed by atoms with Crippen molar-refractivity contribution in [2.45, 2.75) is 33.3 Å². The van der Waals surface area contributed by atoms with E-state index in [9.17, 15) is 9.59 Å². The van der Waals surface area contributed by atoms with Crippen molar-refractivity contribution in [3.63, 3.8) is 0 Å². The standard InChI is InChI=1S/C19H19BrN2O4/c1-11-15(12(2)22(3)21-11)6-7-18(23)25-10-13-8-19(24)26-17-9-14(20)4-5-16(13)17/h4-5,8-9H,6-7,10H2,1-3H3. The molecular weight excluding hydrogens is 400 g/mol. The van der Waals surface area contributed by atoms with Gasteiger partial charge in [0.2, 0.25) is 0 Å². The number of ether oxygens (including phenoxy) is 1. The van der Waals surface area contributed by atoms with Crippen LogP contribution in [0.1, 0.15) is 28.9 Å². The highest BCUT2D eigenvalue weighted by molar-refractivity contribution is 9.10. The summed E-state index contributed by atoms with van der Waals surface area (Å²) < 4.78 is 13.2. The molecule has 0 N–H and O–H groups in total. The normalized spacial score (nSPS) is 11.1. The summed E-state index contributed by atoms with van der Waals surface area (Å²) in [6, 6.07) is 6.75. The third kappa shape index (κ3) is 3.88. The summed E-state index contributed by atoms with van der Waals surface area (Å²) in [4.78, 5) is 23.9.